The third kappa shape index (κ3) is 4.50. The van der Waals surface area contributed by atoms with Crippen molar-refractivity contribution in [3.8, 4) is 5.75 Å². The first-order valence-corrected chi connectivity index (χ1v) is 11.0. The zero-order valence-corrected chi connectivity index (χ0v) is 17.8. The molecule has 4 rings (SSSR count). The minimum atomic E-state index is -3.91. The first-order chi connectivity index (χ1) is 14.4. The summed E-state index contributed by atoms with van der Waals surface area (Å²) in [6, 6.07) is 21.4. The monoisotopic (exact) mass is 483 g/mol. The molecular weight excluding hydrogens is 470 g/mol. The summed E-state index contributed by atoms with van der Waals surface area (Å²) in [6.45, 7) is 0. The SMILES string of the molecule is O=C1OC(c2ccc(Br)cc2)=N/C1=C\c1ccc(OS(=O)(=O)c2ccccc2)cc1. The van der Waals surface area contributed by atoms with Crippen LogP contribution in [-0.4, -0.2) is 20.3 Å². The van der Waals surface area contributed by atoms with Crippen molar-refractivity contribution >= 4 is 44.0 Å². The number of halogens is 1. The van der Waals surface area contributed by atoms with E-state index in [2.05, 4.69) is 20.9 Å². The summed E-state index contributed by atoms with van der Waals surface area (Å²) in [5.74, 6) is -0.165. The number of esters is 1. The standard InChI is InChI=1S/C22H14BrNO5S/c23-17-10-8-16(9-11-17)21-24-20(22(25)28-21)14-15-6-12-18(13-7-15)29-30(26,27)19-4-2-1-3-5-19/h1-14H/b20-14-. The molecule has 0 saturated carbocycles. The summed E-state index contributed by atoms with van der Waals surface area (Å²) in [5, 5.41) is 0. The molecular formula is C22H14BrNO5S. The van der Waals surface area contributed by atoms with Crippen molar-refractivity contribution in [1.29, 1.82) is 0 Å². The van der Waals surface area contributed by atoms with Crippen LogP contribution >= 0.6 is 15.9 Å². The minimum Gasteiger partial charge on any atom is -0.402 e. The van der Waals surface area contributed by atoms with E-state index >= 15 is 0 Å². The number of hydrogen-bond donors (Lipinski definition) is 0. The quantitative estimate of drug-likeness (QED) is 0.301. The van der Waals surface area contributed by atoms with Crippen molar-refractivity contribution in [2.75, 3.05) is 0 Å². The Balaban J connectivity index is 1.52. The number of rotatable bonds is 5. The van der Waals surface area contributed by atoms with E-state index in [1.165, 1.54) is 24.3 Å². The molecule has 0 N–H and O–H groups in total. The summed E-state index contributed by atoms with van der Waals surface area (Å²) in [7, 11) is -3.91. The molecule has 30 heavy (non-hydrogen) atoms. The lowest BCUT2D eigenvalue weighted by Crippen LogP contribution is -2.09. The van der Waals surface area contributed by atoms with Gasteiger partial charge in [0.05, 0.1) is 0 Å². The molecule has 0 amide bonds. The smallest absolute Gasteiger partial charge is 0.363 e. The van der Waals surface area contributed by atoms with Crippen molar-refractivity contribution in [2.45, 2.75) is 4.90 Å². The van der Waals surface area contributed by atoms with Crippen LogP contribution in [0.25, 0.3) is 6.08 Å². The molecule has 0 fully saturated rings. The van der Waals surface area contributed by atoms with E-state index in [9.17, 15) is 13.2 Å². The van der Waals surface area contributed by atoms with Crippen LogP contribution in [0.1, 0.15) is 11.1 Å². The minimum absolute atomic E-state index is 0.0692. The van der Waals surface area contributed by atoms with Gasteiger partial charge >= 0.3 is 16.1 Å². The molecule has 1 aliphatic heterocycles. The van der Waals surface area contributed by atoms with Gasteiger partial charge in [0.25, 0.3) is 0 Å². The maximum absolute atomic E-state index is 12.3. The molecule has 1 heterocycles. The van der Waals surface area contributed by atoms with Gasteiger partial charge in [0, 0.05) is 10.0 Å². The molecule has 0 bridgehead atoms. The zero-order valence-electron chi connectivity index (χ0n) is 15.4. The second-order valence-corrected chi connectivity index (χ2v) is 8.72. The van der Waals surface area contributed by atoms with E-state index in [0.29, 0.717) is 11.1 Å². The number of cyclic esters (lactones) is 1. The van der Waals surface area contributed by atoms with E-state index < -0.39 is 16.1 Å². The lowest BCUT2D eigenvalue weighted by molar-refractivity contribution is -0.129. The molecule has 8 heteroatoms. The number of carbonyl (C=O) groups is 1. The summed E-state index contributed by atoms with van der Waals surface area (Å²) in [5.41, 5.74) is 1.48. The highest BCUT2D eigenvalue weighted by atomic mass is 79.9. The van der Waals surface area contributed by atoms with Crippen molar-refractivity contribution in [3.05, 3.63) is 100 Å². The fourth-order valence-corrected chi connectivity index (χ4v) is 3.88. The van der Waals surface area contributed by atoms with E-state index in [1.54, 1.807) is 48.5 Å². The zero-order chi connectivity index (χ0) is 21.1. The Morgan fingerprint density at radius 3 is 2.23 bits per heavy atom. The van der Waals surface area contributed by atoms with Crippen LogP contribution in [-0.2, 0) is 19.6 Å². The highest BCUT2D eigenvalue weighted by Gasteiger charge is 2.24. The molecule has 3 aromatic rings. The number of nitrogens with zero attached hydrogens (tertiary/aromatic N) is 1. The molecule has 0 saturated heterocycles. The van der Waals surface area contributed by atoms with Gasteiger partial charge in [-0.1, -0.05) is 46.3 Å². The number of carbonyl (C=O) groups excluding carboxylic acids is 1. The van der Waals surface area contributed by atoms with Gasteiger partial charge in [-0.05, 0) is 60.2 Å². The van der Waals surface area contributed by atoms with Gasteiger partial charge in [-0.3, -0.25) is 0 Å². The fraction of sp³-hybridized carbons (Fsp3) is 0. The average Bonchev–Trinajstić information content (AvgIpc) is 3.11. The second kappa shape index (κ2) is 8.25. The Bertz CT molecular complexity index is 1250. The number of aliphatic imine (C=N–C) groups is 1. The molecule has 0 radical (unpaired) electrons. The highest BCUT2D eigenvalue weighted by Crippen LogP contribution is 2.23. The summed E-state index contributed by atoms with van der Waals surface area (Å²) in [4.78, 5) is 16.4. The van der Waals surface area contributed by atoms with Crippen molar-refractivity contribution in [1.82, 2.24) is 0 Å². The molecule has 0 atom stereocenters. The Hall–Kier alpha value is -3.23. The van der Waals surface area contributed by atoms with Gasteiger partial charge < -0.3 is 8.92 Å². The highest BCUT2D eigenvalue weighted by molar-refractivity contribution is 9.10. The van der Waals surface area contributed by atoms with Gasteiger partial charge in [-0.25, -0.2) is 9.79 Å². The largest absolute Gasteiger partial charge is 0.402 e. The molecule has 0 aromatic heterocycles. The predicted molar refractivity (Wildman–Crippen MR) is 115 cm³/mol. The van der Waals surface area contributed by atoms with Crippen LogP contribution in [0, 0.1) is 0 Å². The maximum atomic E-state index is 12.3. The summed E-state index contributed by atoms with van der Waals surface area (Å²) < 4.78 is 35.9. The van der Waals surface area contributed by atoms with E-state index in [4.69, 9.17) is 8.92 Å². The van der Waals surface area contributed by atoms with Crippen LogP contribution in [0.4, 0.5) is 0 Å². The molecule has 0 aliphatic carbocycles. The molecule has 6 nitrogen and oxygen atoms in total. The van der Waals surface area contributed by atoms with Crippen LogP contribution < -0.4 is 4.18 Å². The van der Waals surface area contributed by atoms with Crippen LogP contribution in [0.3, 0.4) is 0 Å². The Morgan fingerprint density at radius 1 is 0.900 bits per heavy atom. The molecule has 0 spiro atoms. The molecule has 150 valence electrons. The average molecular weight is 484 g/mol. The van der Waals surface area contributed by atoms with Crippen LogP contribution in [0.5, 0.6) is 5.75 Å². The third-order valence-electron chi connectivity index (χ3n) is 4.13. The van der Waals surface area contributed by atoms with Crippen LogP contribution in [0.2, 0.25) is 0 Å². The molecule has 1 aliphatic rings. The Labute approximate surface area is 181 Å². The first kappa shape index (κ1) is 20.1. The van der Waals surface area contributed by atoms with Gasteiger partial charge in [-0.15, -0.1) is 0 Å². The second-order valence-electron chi connectivity index (χ2n) is 6.26. The van der Waals surface area contributed by atoms with Gasteiger partial charge in [-0.2, -0.15) is 8.42 Å². The maximum Gasteiger partial charge on any atom is 0.363 e. The number of benzene rings is 3. The lowest BCUT2D eigenvalue weighted by atomic mass is 10.2. The van der Waals surface area contributed by atoms with Gasteiger partial charge in [0.15, 0.2) is 5.70 Å². The Morgan fingerprint density at radius 2 is 1.57 bits per heavy atom. The number of ether oxygens (including phenoxy) is 1. The van der Waals surface area contributed by atoms with Gasteiger partial charge in [0.1, 0.15) is 10.6 Å². The molecule has 0 unspecified atom stereocenters. The first-order valence-electron chi connectivity index (χ1n) is 8.79. The predicted octanol–water partition coefficient (Wildman–Crippen LogP) is 4.56. The Kier molecular flexibility index (Phi) is 5.52. The fourth-order valence-electron chi connectivity index (χ4n) is 2.66. The normalized spacial score (nSPS) is 15.0. The van der Waals surface area contributed by atoms with Crippen molar-refractivity contribution in [3.63, 3.8) is 0 Å². The lowest BCUT2D eigenvalue weighted by Gasteiger charge is -2.07. The van der Waals surface area contributed by atoms with E-state index in [0.717, 1.165) is 4.47 Å². The van der Waals surface area contributed by atoms with E-state index in [-0.39, 0.29) is 22.2 Å². The summed E-state index contributed by atoms with van der Waals surface area (Å²) >= 11 is 3.35. The third-order valence-corrected chi connectivity index (χ3v) is 5.92. The van der Waals surface area contributed by atoms with E-state index in [1.807, 2.05) is 12.1 Å². The van der Waals surface area contributed by atoms with Crippen LogP contribution in [0.15, 0.2) is 98.9 Å². The van der Waals surface area contributed by atoms with Crippen molar-refractivity contribution < 1.29 is 22.1 Å². The summed E-state index contributed by atoms with van der Waals surface area (Å²) in [6.07, 6.45) is 1.56. The van der Waals surface area contributed by atoms with Crippen molar-refractivity contribution in [2.24, 2.45) is 4.99 Å². The topological polar surface area (TPSA) is 82.0 Å². The van der Waals surface area contributed by atoms with Gasteiger partial charge in [0.2, 0.25) is 5.90 Å². The number of hydrogen-bond acceptors (Lipinski definition) is 6. The molecule has 3 aromatic carbocycles.